The molecule has 7 heteroatoms. The van der Waals surface area contributed by atoms with Gasteiger partial charge in [-0.15, -0.1) is 0 Å². The summed E-state index contributed by atoms with van der Waals surface area (Å²) >= 11 is 4.80. The van der Waals surface area contributed by atoms with Gasteiger partial charge in [0.2, 0.25) is 5.95 Å². The Kier molecular flexibility index (Phi) is 3.93. The summed E-state index contributed by atoms with van der Waals surface area (Å²) in [7, 11) is 0. The lowest BCUT2D eigenvalue weighted by Gasteiger charge is -2.04. The summed E-state index contributed by atoms with van der Waals surface area (Å²) < 4.78 is 0.949. The molecule has 0 amide bonds. The Hall–Kier alpha value is -1.18. The Bertz CT molecular complexity index is 517. The van der Waals surface area contributed by atoms with Crippen molar-refractivity contribution >= 4 is 33.6 Å². The van der Waals surface area contributed by atoms with Crippen LogP contribution in [0, 0.1) is 6.92 Å². The molecule has 2 aromatic rings. The van der Waals surface area contributed by atoms with E-state index in [0.29, 0.717) is 5.95 Å². The summed E-state index contributed by atoms with van der Waals surface area (Å²) in [6.07, 6.45) is 1.75. The van der Waals surface area contributed by atoms with Crippen molar-refractivity contribution in [2.24, 2.45) is 5.84 Å². The maximum atomic E-state index is 5.29. The van der Waals surface area contributed by atoms with Crippen molar-refractivity contribution in [3.05, 3.63) is 34.6 Å². The van der Waals surface area contributed by atoms with Crippen LogP contribution in [-0.4, -0.2) is 15.0 Å². The summed E-state index contributed by atoms with van der Waals surface area (Å²) in [5.41, 5.74) is 3.29. The normalized spacial score (nSPS) is 10.3. The standard InChI is InChI=1S/C10H10BrN5S/c1-6-4-9(15-10(14-6)16-12)17-8-3-2-7(11)5-13-8/h2-5H,12H2,1H3,(H,14,15,16). The molecule has 2 rings (SSSR count). The van der Waals surface area contributed by atoms with Gasteiger partial charge < -0.3 is 0 Å². The fraction of sp³-hybridized carbons (Fsp3) is 0.100. The molecular formula is C10H10BrN5S. The Labute approximate surface area is 111 Å². The predicted molar refractivity (Wildman–Crippen MR) is 70.6 cm³/mol. The van der Waals surface area contributed by atoms with E-state index >= 15 is 0 Å². The van der Waals surface area contributed by atoms with Crippen molar-refractivity contribution < 1.29 is 0 Å². The second kappa shape index (κ2) is 5.44. The van der Waals surface area contributed by atoms with Gasteiger partial charge in [-0.25, -0.2) is 20.8 Å². The number of nitrogens with two attached hydrogens (primary N) is 1. The molecule has 0 saturated carbocycles. The van der Waals surface area contributed by atoms with Gasteiger partial charge in [0, 0.05) is 16.4 Å². The van der Waals surface area contributed by atoms with Crippen molar-refractivity contribution in [3.63, 3.8) is 0 Å². The number of aromatic nitrogens is 3. The molecule has 3 N–H and O–H groups in total. The molecule has 0 fully saturated rings. The van der Waals surface area contributed by atoms with Crippen LogP contribution in [-0.2, 0) is 0 Å². The molecular weight excluding hydrogens is 302 g/mol. The van der Waals surface area contributed by atoms with Gasteiger partial charge in [0.05, 0.1) is 0 Å². The van der Waals surface area contributed by atoms with Crippen LogP contribution in [0.15, 0.2) is 38.9 Å². The zero-order valence-corrected chi connectivity index (χ0v) is 11.4. The number of nitrogens with zero attached hydrogens (tertiary/aromatic N) is 3. The first-order valence-electron chi connectivity index (χ1n) is 4.79. The molecule has 5 nitrogen and oxygen atoms in total. The van der Waals surface area contributed by atoms with Crippen molar-refractivity contribution in [1.29, 1.82) is 0 Å². The molecule has 0 spiro atoms. The second-order valence-electron chi connectivity index (χ2n) is 3.23. The third kappa shape index (κ3) is 3.39. The summed E-state index contributed by atoms with van der Waals surface area (Å²) in [6.45, 7) is 1.89. The third-order valence-corrected chi connectivity index (χ3v) is 3.21. The van der Waals surface area contributed by atoms with Gasteiger partial charge in [-0.05, 0) is 52.8 Å². The number of halogens is 1. The number of nitrogens with one attached hydrogen (secondary N) is 1. The minimum Gasteiger partial charge on any atom is -0.292 e. The SMILES string of the molecule is Cc1cc(Sc2ccc(Br)cn2)nc(NN)n1. The first-order chi connectivity index (χ1) is 8.17. The summed E-state index contributed by atoms with van der Waals surface area (Å²) in [6, 6.07) is 5.74. The van der Waals surface area contributed by atoms with E-state index in [1.54, 1.807) is 6.20 Å². The first kappa shape index (κ1) is 12.3. The minimum absolute atomic E-state index is 0.407. The number of pyridine rings is 1. The molecule has 0 aromatic carbocycles. The molecule has 2 aromatic heterocycles. The zero-order chi connectivity index (χ0) is 12.3. The Balaban J connectivity index is 2.23. The number of anilines is 1. The maximum absolute atomic E-state index is 5.29. The fourth-order valence-electron chi connectivity index (χ4n) is 1.19. The van der Waals surface area contributed by atoms with E-state index in [2.05, 4.69) is 36.3 Å². The molecule has 0 atom stereocenters. The molecule has 0 aliphatic carbocycles. The summed E-state index contributed by atoms with van der Waals surface area (Å²) in [4.78, 5) is 12.6. The fourth-order valence-corrected chi connectivity index (χ4v) is 2.24. The zero-order valence-electron chi connectivity index (χ0n) is 9.01. The van der Waals surface area contributed by atoms with Crippen LogP contribution in [0.5, 0.6) is 0 Å². The lowest BCUT2D eigenvalue weighted by atomic mass is 10.5. The molecule has 0 bridgehead atoms. The smallest absolute Gasteiger partial charge is 0.238 e. The Morgan fingerprint density at radius 2 is 2.12 bits per heavy atom. The van der Waals surface area contributed by atoms with E-state index in [0.717, 1.165) is 20.2 Å². The van der Waals surface area contributed by atoms with Crippen LogP contribution in [0.2, 0.25) is 0 Å². The molecule has 88 valence electrons. The van der Waals surface area contributed by atoms with Crippen molar-refractivity contribution in [2.45, 2.75) is 17.0 Å². The van der Waals surface area contributed by atoms with Crippen LogP contribution in [0.1, 0.15) is 5.69 Å². The largest absolute Gasteiger partial charge is 0.292 e. The quantitative estimate of drug-likeness (QED) is 0.515. The average Bonchev–Trinajstić information content (AvgIpc) is 2.31. The number of nitrogen functional groups attached to an aromatic ring is 1. The van der Waals surface area contributed by atoms with Gasteiger partial charge in [0.15, 0.2) is 0 Å². The van der Waals surface area contributed by atoms with E-state index in [1.807, 2.05) is 25.1 Å². The molecule has 2 heterocycles. The predicted octanol–water partition coefficient (Wildman–Crippen LogP) is 2.38. The lowest BCUT2D eigenvalue weighted by Crippen LogP contribution is -2.11. The van der Waals surface area contributed by atoms with Crippen LogP contribution < -0.4 is 11.3 Å². The number of hydrogen-bond donors (Lipinski definition) is 2. The van der Waals surface area contributed by atoms with E-state index in [9.17, 15) is 0 Å². The van der Waals surface area contributed by atoms with Crippen molar-refractivity contribution in [2.75, 3.05) is 5.43 Å². The van der Waals surface area contributed by atoms with Crippen LogP contribution >= 0.6 is 27.7 Å². The summed E-state index contributed by atoms with van der Waals surface area (Å²) in [5.74, 6) is 5.70. The molecule has 0 radical (unpaired) electrons. The van der Waals surface area contributed by atoms with E-state index < -0.39 is 0 Å². The molecule has 17 heavy (non-hydrogen) atoms. The lowest BCUT2D eigenvalue weighted by molar-refractivity contribution is 0.989. The van der Waals surface area contributed by atoms with Gasteiger partial charge in [0.25, 0.3) is 0 Å². The topological polar surface area (TPSA) is 76.7 Å². The summed E-state index contributed by atoms with van der Waals surface area (Å²) in [5, 5.41) is 1.68. The van der Waals surface area contributed by atoms with Crippen LogP contribution in [0.3, 0.4) is 0 Å². The van der Waals surface area contributed by atoms with Crippen LogP contribution in [0.4, 0.5) is 5.95 Å². The Morgan fingerprint density at radius 3 is 2.76 bits per heavy atom. The maximum Gasteiger partial charge on any atom is 0.238 e. The number of aryl methyl sites for hydroxylation is 1. The van der Waals surface area contributed by atoms with E-state index in [1.165, 1.54) is 11.8 Å². The third-order valence-electron chi connectivity index (χ3n) is 1.87. The molecule has 0 unspecified atom stereocenters. The minimum atomic E-state index is 0.407. The van der Waals surface area contributed by atoms with Gasteiger partial charge in [-0.1, -0.05) is 0 Å². The second-order valence-corrected chi connectivity index (χ2v) is 5.19. The van der Waals surface area contributed by atoms with Gasteiger partial charge in [-0.3, -0.25) is 5.43 Å². The van der Waals surface area contributed by atoms with Crippen molar-refractivity contribution in [1.82, 2.24) is 15.0 Å². The molecule has 0 aliphatic heterocycles. The monoisotopic (exact) mass is 311 g/mol. The van der Waals surface area contributed by atoms with Crippen molar-refractivity contribution in [3.8, 4) is 0 Å². The number of hydrogen-bond acceptors (Lipinski definition) is 6. The number of rotatable bonds is 3. The number of hydrazine groups is 1. The van der Waals surface area contributed by atoms with E-state index in [-0.39, 0.29) is 0 Å². The first-order valence-corrected chi connectivity index (χ1v) is 6.40. The average molecular weight is 312 g/mol. The molecule has 0 saturated heterocycles. The van der Waals surface area contributed by atoms with Crippen LogP contribution in [0.25, 0.3) is 0 Å². The highest BCUT2D eigenvalue weighted by molar-refractivity contribution is 9.10. The molecule has 0 aliphatic rings. The highest BCUT2D eigenvalue weighted by Gasteiger charge is 2.04. The highest BCUT2D eigenvalue weighted by Crippen LogP contribution is 2.25. The highest BCUT2D eigenvalue weighted by atomic mass is 79.9. The van der Waals surface area contributed by atoms with E-state index in [4.69, 9.17) is 5.84 Å². The van der Waals surface area contributed by atoms with Gasteiger partial charge >= 0.3 is 0 Å². The Morgan fingerprint density at radius 1 is 1.29 bits per heavy atom. The van der Waals surface area contributed by atoms with Gasteiger partial charge in [-0.2, -0.15) is 0 Å². The van der Waals surface area contributed by atoms with Gasteiger partial charge in [0.1, 0.15) is 10.1 Å².